The van der Waals surface area contributed by atoms with Crippen LogP contribution in [0, 0.1) is 0 Å². The standard InChI is InChI=1S/C6H12O4/c1-8-4-3-6(7)10-5-9-2/h3-5H2,1-2H3. The van der Waals surface area contributed by atoms with Crippen LogP contribution in [0.3, 0.4) is 0 Å². The predicted molar refractivity (Wildman–Crippen MR) is 34.5 cm³/mol. The Morgan fingerprint density at radius 1 is 1.30 bits per heavy atom. The first-order valence-electron chi connectivity index (χ1n) is 2.94. The number of methoxy groups -OCH3 is 2. The van der Waals surface area contributed by atoms with Gasteiger partial charge in [0, 0.05) is 14.2 Å². The summed E-state index contributed by atoms with van der Waals surface area (Å²) in [6, 6.07) is 0. The summed E-state index contributed by atoms with van der Waals surface area (Å²) in [5.74, 6) is -0.302. The number of carbonyl (C=O) groups is 1. The molecule has 4 nitrogen and oxygen atoms in total. The van der Waals surface area contributed by atoms with E-state index in [0.717, 1.165) is 0 Å². The molecule has 0 radical (unpaired) electrons. The van der Waals surface area contributed by atoms with Crippen LogP contribution in [0.4, 0.5) is 0 Å². The third-order valence-electron chi connectivity index (χ3n) is 0.848. The van der Waals surface area contributed by atoms with Gasteiger partial charge in [-0.3, -0.25) is 4.79 Å². The Kier molecular flexibility index (Phi) is 6.11. The molecule has 10 heavy (non-hydrogen) atoms. The fraction of sp³-hybridized carbons (Fsp3) is 0.833. The van der Waals surface area contributed by atoms with Gasteiger partial charge in [0.05, 0.1) is 13.0 Å². The highest BCUT2D eigenvalue weighted by atomic mass is 16.7. The molecule has 0 aromatic rings. The highest BCUT2D eigenvalue weighted by Gasteiger charge is 1.99. The minimum atomic E-state index is -0.302. The maximum Gasteiger partial charge on any atom is 0.310 e. The molecule has 0 N–H and O–H groups in total. The van der Waals surface area contributed by atoms with Crippen molar-refractivity contribution in [1.29, 1.82) is 0 Å². The van der Waals surface area contributed by atoms with Gasteiger partial charge in [0.2, 0.25) is 0 Å². The average Bonchev–Trinajstić information content (AvgIpc) is 1.97. The molecule has 0 saturated heterocycles. The van der Waals surface area contributed by atoms with E-state index in [1.165, 1.54) is 14.2 Å². The van der Waals surface area contributed by atoms with E-state index in [1.54, 1.807) is 0 Å². The molecule has 0 amide bonds. The Bertz CT molecular complexity index is 81.7. The number of esters is 1. The molecule has 0 aliphatic heterocycles. The first-order valence-corrected chi connectivity index (χ1v) is 2.94. The van der Waals surface area contributed by atoms with Crippen molar-refractivity contribution >= 4 is 5.97 Å². The first-order chi connectivity index (χ1) is 4.81. The maximum atomic E-state index is 10.6. The molecule has 0 saturated carbocycles. The van der Waals surface area contributed by atoms with E-state index in [4.69, 9.17) is 0 Å². The summed E-state index contributed by atoms with van der Waals surface area (Å²) in [7, 11) is 2.99. The maximum absolute atomic E-state index is 10.6. The summed E-state index contributed by atoms with van der Waals surface area (Å²) in [6.45, 7) is 0.408. The Hall–Kier alpha value is -0.610. The number of hydrogen-bond acceptors (Lipinski definition) is 4. The molecule has 0 aromatic heterocycles. The highest BCUT2D eigenvalue weighted by Crippen LogP contribution is 1.86. The Morgan fingerprint density at radius 2 is 2.00 bits per heavy atom. The minimum absolute atomic E-state index is 0.0164. The third-order valence-corrected chi connectivity index (χ3v) is 0.848. The highest BCUT2D eigenvalue weighted by molar-refractivity contribution is 5.69. The number of hydrogen-bond donors (Lipinski definition) is 0. The van der Waals surface area contributed by atoms with Crippen molar-refractivity contribution in [3.05, 3.63) is 0 Å². The van der Waals surface area contributed by atoms with E-state index >= 15 is 0 Å². The molecule has 0 heterocycles. The molecule has 4 heteroatoms. The van der Waals surface area contributed by atoms with Crippen LogP contribution < -0.4 is 0 Å². The van der Waals surface area contributed by atoms with E-state index in [2.05, 4.69) is 14.2 Å². The molecule has 0 unspecified atom stereocenters. The topological polar surface area (TPSA) is 44.8 Å². The van der Waals surface area contributed by atoms with Gasteiger partial charge in [0.1, 0.15) is 0 Å². The predicted octanol–water partition coefficient (Wildman–Crippen LogP) is 0.170. The zero-order chi connectivity index (χ0) is 7.82. The van der Waals surface area contributed by atoms with Crippen LogP contribution in [-0.4, -0.2) is 33.6 Å². The van der Waals surface area contributed by atoms with Crippen molar-refractivity contribution in [2.75, 3.05) is 27.6 Å². The van der Waals surface area contributed by atoms with Crippen LogP contribution >= 0.6 is 0 Å². The van der Waals surface area contributed by atoms with E-state index < -0.39 is 0 Å². The van der Waals surface area contributed by atoms with Crippen LogP contribution in [0.5, 0.6) is 0 Å². The van der Waals surface area contributed by atoms with Gasteiger partial charge in [0.15, 0.2) is 6.79 Å². The average molecular weight is 148 g/mol. The van der Waals surface area contributed by atoms with E-state index in [0.29, 0.717) is 6.61 Å². The minimum Gasteiger partial charge on any atom is -0.438 e. The molecule has 0 aromatic carbocycles. The van der Waals surface area contributed by atoms with Crippen molar-refractivity contribution in [3.8, 4) is 0 Å². The van der Waals surface area contributed by atoms with E-state index in [1.807, 2.05) is 0 Å². The number of ether oxygens (including phenoxy) is 3. The summed E-state index contributed by atoms with van der Waals surface area (Å²) >= 11 is 0. The molecule has 0 bridgehead atoms. The van der Waals surface area contributed by atoms with Crippen molar-refractivity contribution in [2.45, 2.75) is 6.42 Å². The quantitative estimate of drug-likeness (QED) is 0.412. The largest absolute Gasteiger partial charge is 0.438 e. The monoisotopic (exact) mass is 148 g/mol. The Balaban J connectivity index is 3.09. The van der Waals surface area contributed by atoms with Crippen LogP contribution in [0.1, 0.15) is 6.42 Å². The molecule has 0 aliphatic carbocycles. The molecule has 0 atom stereocenters. The lowest BCUT2D eigenvalue weighted by Crippen LogP contribution is -2.09. The van der Waals surface area contributed by atoms with Gasteiger partial charge in [-0.15, -0.1) is 0 Å². The summed E-state index contributed by atoms with van der Waals surface area (Å²) in [5, 5.41) is 0. The van der Waals surface area contributed by atoms with Gasteiger partial charge in [-0.25, -0.2) is 0 Å². The zero-order valence-corrected chi connectivity index (χ0v) is 6.25. The summed E-state index contributed by atoms with van der Waals surface area (Å²) in [5.41, 5.74) is 0. The van der Waals surface area contributed by atoms with Crippen LogP contribution in [0.25, 0.3) is 0 Å². The van der Waals surface area contributed by atoms with Gasteiger partial charge in [0.25, 0.3) is 0 Å². The summed E-state index contributed by atoms with van der Waals surface area (Å²) in [4.78, 5) is 10.6. The van der Waals surface area contributed by atoms with Crippen molar-refractivity contribution < 1.29 is 19.0 Å². The fourth-order valence-electron chi connectivity index (χ4n) is 0.382. The van der Waals surface area contributed by atoms with E-state index in [-0.39, 0.29) is 19.2 Å². The van der Waals surface area contributed by atoms with Crippen molar-refractivity contribution in [3.63, 3.8) is 0 Å². The fourth-order valence-corrected chi connectivity index (χ4v) is 0.382. The van der Waals surface area contributed by atoms with Gasteiger partial charge in [-0.2, -0.15) is 0 Å². The molecule has 0 fully saturated rings. The molecular formula is C6H12O4. The molecule has 0 rings (SSSR count). The van der Waals surface area contributed by atoms with E-state index in [9.17, 15) is 4.79 Å². The zero-order valence-electron chi connectivity index (χ0n) is 6.25. The van der Waals surface area contributed by atoms with Gasteiger partial charge < -0.3 is 14.2 Å². The third kappa shape index (κ3) is 5.53. The molecular weight excluding hydrogens is 136 g/mol. The first kappa shape index (κ1) is 9.39. The second-order valence-corrected chi connectivity index (χ2v) is 1.67. The summed E-state index contributed by atoms with van der Waals surface area (Å²) in [6.07, 6.45) is 0.278. The SMILES string of the molecule is COCCC(=O)OCOC. The number of carbonyl (C=O) groups excluding carboxylic acids is 1. The smallest absolute Gasteiger partial charge is 0.310 e. The molecule has 0 spiro atoms. The normalized spacial score (nSPS) is 9.40. The van der Waals surface area contributed by atoms with Crippen LogP contribution in [0.15, 0.2) is 0 Å². The number of rotatable bonds is 5. The molecule has 60 valence electrons. The molecule has 0 aliphatic rings. The second kappa shape index (κ2) is 6.51. The lowest BCUT2D eigenvalue weighted by molar-refractivity contribution is -0.155. The second-order valence-electron chi connectivity index (χ2n) is 1.67. The Morgan fingerprint density at radius 3 is 2.50 bits per heavy atom. The van der Waals surface area contributed by atoms with Gasteiger partial charge in [-0.1, -0.05) is 0 Å². The van der Waals surface area contributed by atoms with Crippen molar-refractivity contribution in [2.24, 2.45) is 0 Å². The Labute approximate surface area is 60.1 Å². The van der Waals surface area contributed by atoms with Gasteiger partial charge >= 0.3 is 5.97 Å². The van der Waals surface area contributed by atoms with Crippen LogP contribution in [0.2, 0.25) is 0 Å². The van der Waals surface area contributed by atoms with Gasteiger partial charge in [-0.05, 0) is 0 Å². The lowest BCUT2D eigenvalue weighted by Gasteiger charge is -2.01. The lowest BCUT2D eigenvalue weighted by atomic mass is 10.5. The van der Waals surface area contributed by atoms with Crippen molar-refractivity contribution in [1.82, 2.24) is 0 Å². The summed E-state index contributed by atoms with van der Waals surface area (Å²) < 4.78 is 13.7. The van der Waals surface area contributed by atoms with Crippen LogP contribution in [-0.2, 0) is 19.0 Å².